The maximum Gasteiger partial charge on any atom is 0.0282 e. The molecule has 0 saturated heterocycles. The van der Waals surface area contributed by atoms with E-state index in [1.807, 2.05) is 0 Å². The molecule has 0 aromatic carbocycles. The summed E-state index contributed by atoms with van der Waals surface area (Å²) in [5, 5.41) is 3.56. The standard InChI is InChI=1S/C9H18N2/c10-9(5-6-9)7-11-8-3-1-2-4-8/h8,11H,1-7,10H2. The minimum absolute atomic E-state index is 0.197. The molecule has 2 heteroatoms. The Morgan fingerprint density at radius 3 is 2.45 bits per heavy atom. The summed E-state index contributed by atoms with van der Waals surface area (Å²) in [5.41, 5.74) is 6.16. The van der Waals surface area contributed by atoms with Crippen LogP contribution in [0.2, 0.25) is 0 Å². The van der Waals surface area contributed by atoms with E-state index in [2.05, 4.69) is 5.32 Å². The third-order valence-corrected chi connectivity index (χ3v) is 2.99. The van der Waals surface area contributed by atoms with E-state index >= 15 is 0 Å². The lowest BCUT2D eigenvalue weighted by Gasteiger charge is -2.15. The lowest BCUT2D eigenvalue weighted by molar-refractivity contribution is 0.478. The third kappa shape index (κ3) is 1.94. The van der Waals surface area contributed by atoms with Gasteiger partial charge >= 0.3 is 0 Å². The molecule has 0 aliphatic heterocycles. The number of hydrogen-bond acceptors (Lipinski definition) is 2. The Morgan fingerprint density at radius 1 is 1.27 bits per heavy atom. The molecular weight excluding hydrogens is 136 g/mol. The molecule has 2 nitrogen and oxygen atoms in total. The maximum absolute atomic E-state index is 5.96. The highest BCUT2D eigenvalue weighted by Gasteiger charge is 2.38. The SMILES string of the molecule is NC1(CNC2CCCC2)CC1. The van der Waals surface area contributed by atoms with Gasteiger partial charge in [-0.05, 0) is 25.7 Å². The van der Waals surface area contributed by atoms with E-state index in [-0.39, 0.29) is 5.54 Å². The molecule has 2 saturated carbocycles. The van der Waals surface area contributed by atoms with Crippen LogP contribution in [0, 0.1) is 0 Å². The van der Waals surface area contributed by atoms with Crippen molar-refractivity contribution < 1.29 is 0 Å². The van der Waals surface area contributed by atoms with E-state index in [1.165, 1.54) is 38.5 Å². The molecule has 0 aromatic rings. The second kappa shape index (κ2) is 2.76. The van der Waals surface area contributed by atoms with Crippen LogP contribution in [0.5, 0.6) is 0 Å². The minimum Gasteiger partial charge on any atom is -0.324 e. The summed E-state index contributed by atoms with van der Waals surface area (Å²) in [4.78, 5) is 0. The zero-order valence-electron chi connectivity index (χ0n) is 7.10. The van der Waals surface area contributed by atoms with Gasteiger partial charge in [-0.3, -0.25) is 0 Å². The Kier molecular flexibility index (Phi) is 1.90. The molecule has 2 aliphatic carbocycles. The van der Waals surface area contributed by atoms with Crippen LogP contribution in [0.3, 0.4) is 0 Å². The number of rotatable bonds is 3. The molecule has 3 N–H and O–H groups in total. The van der Waals surface area contributed by atoms with E-state index in [1.54, 1.807) is 0 Å². The fourth-order valence-corrected chi connectivity index (χ4v) is 1.81. The van der Waals surface area contributed by atoms with Gasteiger partial charge in [0.15, 0.2) is 0 Å². The van der Waals surface area contributed by atoms with Crippen molar-refractivity contribution in [3.63, 3.8) is 0 Å². The van der Waals surface area contributed by atoms with E-state index in [0.29, 0.717) is 0 Å². The van der Waals surface area contributed by atoms with Crippen molar-refractivity contribution in [2.24, 2.45) is 5.73 Å². The summed E-state index contributed by atoms with van der Waals surface area (Å²) in [5.74, 6) is 0. The molecule has 2 rings (SSSR count). The first kappa shape index (κ1) is 7.56. The van der Waals surface area contributed by atoms with Crippen LogP contribution in [0.4, 0.5) is 0 Å². The van der Waals surface area contributed by atoms with Crippen LogP contribution in [0.15, 0.2) is 0 Å². The monoisotopic (exact) mass is 154 g/mol. The van der Waals surface area contributed by atoms with Crippen molar-refractivity contribution in [3.05, 3.63) is 0 Å². The number of nitrogens with one attached hydrogen (secondary N) is 1. The highest BCUT2D eigenvalue weighted by molar-refractivity contribution is 5.01. The van der Waals surface area contributed by atoms with Crippen molar-refractivity contribution in [1.29, 1.82) is 0 Å². The summed E-state index contributed by atoms with van der Waals surface area (Å²) in [7, 11) is 0. The highest BCUT2D eigenvalue weighted by Crippen LogP contribution is 2.31. The van der Waals surface area contributed by atoms with Gasteiger partial charge in [0, 0.05) is 18.1 Å². The Balaban J connectivity index is 1.65. The molecular formula is C9H18N2. The predicted molar refractivity (Wildman–Crippen MR) is 46.4 cm³/mol. The highest BCUT2D eigenvalue weighted by atomic mass is 15.0. The molecule has 0 bridgehead atoms. The molecule has 64 valence electrons. The summed E-state index contributed by atoms with van der Waals surface area (Å²) in [6.45, 7) is 1.05. The Morgan fingerprint density at radius 2 is 1.91 bits per heavy atom. The topological polar surface area (TPSA) is 38.0 Å². The lowest BCUT2D eigenvalue weighted by atomic mass is 10.2. The van der Waals surface area contributed by atoms with E-state index in [9.17, 15) is 0 Å². The van der Waals surface area contributed by atoms with Gasteiger partial charge in [0.2, 0.25) is 0 Å². The van der Waals surface area contributed by atoms with Crippen LogP contribution in [0.25, 0.3) is 0 Å². The van der Waals surface area contributed by atoms with Crippen molar-refractivity contribution in [1.82, 2.24) is 5.32 Å². The first-order valence-corrected chi connectivity index (χ1v) is 4.81. The Hall–Kier alpha value is -0.0800. The molecule has 0 atom stereocenters. The average molecular weight is 154 g/mol. The van der Waals surface area contributed by atoms with Crippen LogP contribution in [0.1, 0.15) is 38.5 Å². The second-order valence-electron chi connectivity index (χ2n) is 4.22. The molecule has 0 radical (unpaired) electrons. The molecule has 0 unspecified atom stereocenters. The van der Waals surface area contributed by atoms with Gasteiger partial charge in [0.05, 0.1) is 0 Å². The zero-order chi connectivity index (χ0) is 7.73. The Labute approximate surface area is 68.5 Å². The lowest BCUT2D eigenvalue weighted by Crippen LogP contribution is -2.40. The van der Waals surface area contributed by atoms with Gasteiger partial charge < -0.3 is 11.1 Å². The second-order valence-corrected chi connectivity index (χ2v) is 4.22. The van der Waals surface area contributed by atoms with Gasteiger partial charge in [-0.2, -0.15) is 0 Å². The summed E-state index contributed by atoms with van der Waals surface area (Å²) < 4.78 is 0. The van der Waals surface area contributed by atoms with E-state index < -0.39 is 0 Å². The molecule has 11 heavy (non-hydrogen) atoms. The van der Waals surface area contributed by atoms with Crippen LogP contribution >= 0.6 is 0 Å². The zero-order valence-corrected chi connectivity index (χ0v) is 7.10. The normalized spacial score (nSPS) is 29.2. The Bertz CT molecular complexity index is 134. The van der Waals surface area contributed by atoms with Gasteiger partial charge in [-0.1, -0.05) is 12.8 Å². The summed E-state index contributed by atoms with van der Waals surface area (Å²) in [6.07, 6.45) is 8.02. The quantitative estimate of drug-likeness (QED) is 0.636. The number of nitrogens with two attached hydrogens (primary N) is 1. The first-order chi connectivity index (χ1) is 5.29. The molecule has 0 amide bonds. The maximum atomic E-state index is 5.96. The predicted octanol–water partition coefficient (Wildman–Crippen LogP) is 1.01. The van der Waals surface area contributed by atoms with E-state index in [0.717, 1.165) is 12.6 Å². The fraction of sp³-hybridized carbons (Fsp3) is 1.00. The van der Waals surface area contributed by atoms with Crippen molar-refractivity contribution in [2.75, 3.05) is 6.54 Å². The van der Waals surface area contributed by atoms with E-state index in [4.69, 9.17) is 5.73 Å². The number of hydrogen-bond donors (Lipinski definition) is 2. The molecule has 0 spiro atoms. The average Bonchev–Trinajstić information content (AvgIpc) is 2.53. The van der Waals surface area contributed by atoms with Gasteiger partial charge in [-0.15, -0.1) is 0 Å². The fourth-order valence-electron chi connectivity index (χ4n) is 1.81. The van der Waals surface area contributed by atoms with Gasteiger partial charge in [0.1, 0.15) is 0 Å². The largest absolute Gasteiger partial charge is 0.324 e. The van der Waals surface area contributed by atoms with Crippen molar-refractivity contribution >= 4 is 0 Å². The molecule has 0 heterocycles. The molecule has 0 aromatic heterocycles. The third-order valence-electron chi connectivity index (χ3n) is 2.99. The van der Waals surface area contributed by atoms with Crippen molar-refractivity contribution in [2.45, 2.75) is 50.1 Å². The molecule has 2 aliphatic rings. The smallest absolute Gasteiger partial charge is 0.0282 e. The summed E-state index contributed by atoms with van der Waals surface area (Å²) >= 11 is 0. The van der Waals surface area contributed by atoms with Crippen LogP contribution < -0.4 is 11.1 Å². The molecule has 2 fully saturated rings. The van der Waals surface area contributed by atoms with Gasteiger partial charge in [-0.25, -0.2) is 0 Å². The van der Waals surface area contributed by atoms with Gasteiger partial charge in [0.25, 0.3) is 0 Å². The van der Waals surface area contributed by atoms with Crippen molar-refractivity contribution in [3.8, 4) is 0 Å². The summed E-state index contributed by atoms with van der Waals surface area (Å²) in [6, 6.07) is 0.788. The minimum atomic E-state index is 0.197. The first-order valence-electron chi connectivity index (χ1n) is 4.81. The van der Waals surface area contributed by atoms with Crippen LogP contribution in [-0.4, -0.2) is 18.1 Å². The van der Waals surface area contributed by atoms with Crippen LogP contribution in [-0.2, 0) is 0 Å².